The van der Waals surface area contributed by atoms with Crippen LogP contribution in [0.15, 0.2) is 176 Å². The van der Waals surface area contributed by atoms with Gasteiger partial charge in [-0.05, 0) is 92.7 Å². The highest BCUT2D eigenvalue weighted by atomic mass is 32.1. The zero-order valence-electron chi connectivity index (χ0n) is 26.1. The van der Waals surface area contributed by atoms with Gasteiger partial charge in [0.15, 0.2) is 0 Å². The third-order valence-electron chi connectivity index (χ3n) is 9.77. The van der Waals surface area contributed by atoms with Crippen LogP contribution in [-0.2, 0) is 0 Å². The molecule has 0 saturated carbocycles. The Morgan fingerprint density at radius 3 is 1.58 bits per heavy atom. The lowest BCUT2D eigenvalue weighted by Crippen LogP contribution is -1.94. The van der Waals surface area contributed by atoms with Gasteiger partial charge in [0.1, 0.15) is 0 Å². The molecule has 0 unspecified atom stereocenters. The van der Waals surface area contributed by atoms with Crippen molar-refractivity contribution in [1.29, 1.82) is 0 Å². The highest BCUT2D eigenvalue weighted by molar-refractivity contribution is 7.26. The molecule has 0 N–H and O–H groups in total. The summed E-state index contributed by atoms with van der Waals surface area (Å²) in [6.45, 7) is 0. The van der Waals surface area contributed by atoms with Crippen LogP contribution in [0.25, 0.3) is 91.8 Å². The molecule has 0 atom stereocenters. The van der Waals surface area contributed by atoms with Crippen LogP contribution in [-0.4, -0.2) is 4.57 Å². The van der Waals surface area contributed by atoms with E-state index in [2.05, 4.69) is 180 Å². The Morgan fingerprint density at radius 1 is 0.354 bits per heavy atom. The molecule has 224 valence electrons. The van der Waals surface area contributed by atoms with Crippen molar-refractivity contribution in [3.63, 3.8) is 0 Å². The van der Waals surface area contributed by atoms with E-state index in [1.54, 1.807) is 0 Å². The third-order valence-corrected chi connectivity index (χ3v) is 10.9. The van der Waals surface area contributed by atoms with Crippen LogP contribution in [0.4, 0.5) is 0 Å². The predicted molar refractivity (Wildman–Crippen MR) is 207 cm³/mol. The average Bonchev–Trinajstić information content (AvgIpc) is 3.72. The Labute approximate surface area is 282 Å². The summed E-state index contributed by atoms with van der Waals surface area (Å²) in [6, 6.07) is 64.3. The van der Waals surface area contributed by atoms with Gasteiger partial charge in [-0.15, -0.1) is 11.3 Å². The number of nitrogens with zero attached hydrogens (tertiary/aromatic N) is 1. The maximum absolute atomic E-state index is 2.49. The van der Waals surface area contributed by atoms with Gasteiger partial charge >= 0.3 is 0 Å². The first-order valence-corrected chi connectivity index (χ1v) is 17.2. The van der Waals surface area contributed by atoms with Crippen LogP contribution in [0.1, 0.15) is 0 Å². The maximum atomic E-state index is 2.49. The Morgan fingerprint density at radius 2 is 0.896 bits per heavy atom. The number of hydrogen-bond acceptors (Lipinski definition) is 1. The van der Waals surface area contributed by atoms with Crippen LogP contribution in [0.3, 0.4) is 0 Å². The second-order valence-corrected chi connectivity index (χ2v) is 13.6. The zero-order valence-corrected chi connectivity index (χ0v) is 26.9. The molecule has 0 aliphatic rings. The Balaban J connectivity index is 1.20. The third kappa shape index (κ3) is 4.24. The summed E-state index contributed by atoms with van der Waals surface area (Å²) in [5.41, 5.74) is 11.0. The summed E-state index contributed by atoms with van der Waals surface area (Å²) < 4.78 is 5.14. The summed E-state index contributed by atoms with van der Waals surface area (Å²) in [4.78, 5) is 0. The molecule has 0 saturated heterocycles. The summed E-state index contributed by atoms with van der Waals surface area (Å²) in [6.07, 6.45) is 0. The van der Waals surface area contributed by atoms with Crippen LogP contribution < -0.4 is 0 Å². The van der Waals surface area contributed by atoms with Crippen molar-refractivity contribution in [2.45, 2.75) is 0 Å². The molecule has 0 aliphatic heterocycles. The van der Waals surface area contributed by atoms with Gasteiger partial charge in [-0.25, -0.2) is 0 Å². The van der Waals surface area contributed by atoms with Gasteiger partial charge in [0.05, 0.1) is 11.0 Å². The first kappa shape index (κ1) is 27.2. The standard InChI is InChI=1S/C46H29NS/c1-3-11-30(12-4-1)34-27-35(31-13-5-2-6-14-31)29-36(28-34)32-19-22-37(23-20-32)47-41-18-10-9-17-39(41)40-24-26-43-45(46(40)47)44-38-16-8-7-15-33(38)21-25-42(44)48-43/h1-29H. The Bertz CT molecular complexity index is 2750. The molecule has 0 aliphatic carbocycles. The fourth-order valence-electron chi connectivity index (χ4n) is 7.54. The molecule has 0 spiro atoms. The SMILES string of the molecule is c1ccc(-c2cc(-c3ccccc3)cc(-c3ccc(-n4c5ccccc5c5ccc6sc7ccc8ccccc8c7c6c54)cc3)c2)cc1. The lowest BCUT2D eigenvalue weighted by molar-refractivity contribution is 1.19. The predicted octanol–water partition coefficient (Wildman–Crippen LogP) is 13.3. The van der Waals surface area contributed by atoms with E-state index < -0.39 is 0 Å². The number of benzene rings is 8. The van der Waals surface area contributed by atoms with Gasteiger partial charge in [0.2, 0.25) is 0 Å². The fraction of sp³-hybridized carbons (Fsp3) is 0. The van der Waals surface area contributed by atoms with Crippen LogP contribution in [0, 0.1) is 0 Å². The van der Waals surface area contributed by atoms with Crippen LogP contribution in [0.2, 0.25) is 0 Å². The number of thiophene rings is 1. The van der Waals surface area contributed by atoms with Crippen molar-refractivity contribution in [3.05, 3.63) is 176 Å². The lowest BCUT2D eigenvalue weighted by atomic mass is 9.93. The van der Waals surface area contributed by atoms with Gasteiger partial charge in [-0.3, -0.25) is 0 Å². The summed E-state index contributed by atoms with van der Waals surface area (Å²) in [5, 5.41) is 7.85. The molecule has 10 rings (SSSR count). The number of hydrogen-bond donors (Lipinski definition) is 0. The number of aromatic nitrogens is 1. The molecular weight excluding hydrogens is 599 g/mol. The largest absolute Gasteiger partial charge is 0.309 e. The van der Waals surface area contributed by atoms with E-state index in [-0.39, 0.29) is 0 Å². The van der Waals surface area contributed by atoms with E-state index in [0.29, 0.717) is 0 Å². The molecule has 1 nitrogen and oxygen atoms in total. The quantitative estimate of drug-likeness (QED) is 0.183. The van der Waals surface area contributed by atoms with Crippen molar-refractivity contribution < 1.29 is 0 Å². The fourth-order valence-corrected chi connectivity index (χ4v) is 8.66. The van der Waals surface area contributed by atoms with Crippen LogP contribution >= 0.6 is 11.3 Å². The van der Waals surface area contributed by atoms with Gasteiger partial charge in [-0.2, -0.15) is 0 Å². The second kappa shape index (κ2) is 10.8. The molecule has 10 aromatic rings. The summed E-state index contributed by atoms with van der Waals surface area (Å²) in [5.74, 6) is 0. The van der Waals surface area contributed by atoms with Gasteiger partial charge < -0.3 is 4.57 Å². The molecule has 48 heavy (non-hydrogen) atoms. The van der Waals surface area contributed by atoms with E-state index >= 15 is 0 Å². The van der Waals surface area contributed by atoms with Crippen molar-refractivity contribution in [3.8, 4) is 39.1 Å². The first-order chi connectivity index (χ1) is 23.8. The molecule has 0 radical (unpaired) electrons. The molecule has 2 heterocycles. The van der Waals surface area contributed by atoms with Crippen molar-refractivity contribution in [1.82, 2.24) is 4.57 Å². The molecule has 8 aromatic carbocycles. The number of para-hydroxylation sites is 1. The maximum Gasteiger partial charge on any atom is 0.0634 e. The minimum absolute atomic E-state index is 1.17. The first-order valence-electron chi connectivity index (χ1n) is 16.4. The molecular formula is C46H29NS. The molecule has 2 aromatic heterocycles. The van der Waals surface area contributed by atoms with E-state index in [0.717, 1.165) is 0 Å². The smallest absolute Gasteiger partial charge is 0.0634 e. The topological polar surface area (TPSA) is 4.93 Å². The average molecular weight is 628 g/mol. The van der Waals surface area contributed by atoms with E-state index in [1.165, 1.54) is 91.8 Å². The van der Waals surface area contributed by atoms with Gasteiger partial charge in [0.25, 0.3) is 0 Å². The van der Waals surface area contributed by atoms with Gasteiger partial charge in [-0.1, -0.05) is 127 Å². The molecule has 2 heteroatoms. The van der Waals surface area contributed by atoms with Crippen molar-refractivity contribution in [2.75, 3.05) is 0 Å². The Kier molecular flexibility index (Phi) is 6.12. The normalized spacial score (nSPS) is 11.8. The molecule has 0 amide bonds. The number of fused-ring (bicyclic) bond motifs is 9. The van der Waals surface area contributed by atoms with E-state index in [9.17, 15) is 0 Å². The number of rotatable bonds is 4. The molecule has 0 bridgehead atoms. The summed E-state index contributed by atoms with van der Waals surface area (Å²) >= 11 is 1.89. The zero-order chi connectivity index (χ0) is 31.6. The highest BCUT2D eigenvalue weighted by Crippen LogP contribution is 2.45. The molecule has 0 fully saturated rings. The summed E-state index contributed by atoms with van der Waals surface area (Å²) in [7, 11) is 0. The minimum Gasteiger partial charge on any atom is -0.309 e. The van der Waals surface area contributed by atoms with E-state index in [1.807, 2.05) is 11.3 Å². The minimum atomic E-state index is 1.17. The van der Waals surface area contributed by atoms with Gasteiger partial charge in [0, 0.05) is 36.6 Å². The monoisotopic (exact) mass is 627 g/mol. The highest BCUT2D eigenvalue weighted by Gasteiger charge is 2.19. The van der Waals surface area contributed by atoms with E-state index in [4.69, 9.17) is 0 Å². The Hall–Kier alpha value is -5.96. The lowest BCUT2D eigenvalue weighted by Gasteiger charge is -2.13. The second-order valence-electron chi connectivity index (χ2n) is 12.5. The van der Waals surface area contributed by atoms with Crippen molar-refractivity contribution >= 4 is 64.1 Å². The van der Waals surface area contributed by atoms with Crippen LogP contribution in [0.5, 0.6) is 0 Å². The van der Waals surface area contributed by atoms with Crippen molar-refractivity contribution in [2.24, 2.45) is 0 Å².